The van der Waals surface area contributed by atoms with Crippen LogP contribution in [-0.4, -0.2) is 21.9 Å². The van der Waals surface area contributed by atoms with Gasteiger partial charge in [0.05, 0.1) is 13.2 Å². The van der Waals surface area contributed by atoms with Crippen molar-refractivity contribution in [3.63, 3.8) is 0 Å². The summed E-state index contributed by atoms with van der Waals surface area (Å²) in [6.07, 6.45) is 4.24. The van der Waals surface area contributed by atoms with E-state index < -0.39 is 0 Å². The van der Waals surface area contributed by atoms with Crippen molar-refractivity contribution in [3.8, 4) is 5.75 Å². The first-order valence-corrected chi connectivity index (χ1v) is 5.26. The Morgan fingerprint density at radius 3 is 2.62 bits per heavy atom. The van der Waals surface area contributed by atoms with Gasteiger partial charge in [-0.05, 0) is 31.0 Å². The second kappa shape index (κ2) is 4.79. The number of nitrogens with zero attached hydrogens (tertiary/aromatic N) is 3. The van der Waals surface area contributed by atoms with Gasteiger partial charge in [0, 0.05) is 0 Å². The molecule has 1 unspecified atom stereocenters. The number of methoxy groups -OCH3 is 1. The third-order valence-electron chi connectivity index (χ3n) is 2.58. The molecule has 0 amide bonds. The Kier molecular flexibility index (Phi) is 3.19. The lowest BCUT2D eigenvalue weighted by Gasteiger charge is -2.11. The lowest BCUT2D eigenvalue weighted by molar-refractivity contribution is 0.414. The second-order valence-electron chi connectivity index (χ2n) is 3.78. The molecule has 0 aliphatic heterocycles. The smallest absolute Gasteiger partial charge is 0.137 e. The molecule has 0 N–H and O–H groups in total. The van der Waals surface area contributed by atoms with Gasteiger partial charge >= 0.3 is 0 Å². The van der Waals surface area contributed by atoms with Crippen molar-refractivity contribution < 1.29 is 4.74 Å². The maximum atomic E-state index is 5.12. The number of benzene rings is 1. The van der Waals surface area contributed by atoms with Crippen molar-refractivity contribution >= 4 is 0 Å². The SMILES string of the molecule is COc1ccc(CC(C)n2cncn2)cc1. The maximum Gasteiger partial charge on any atom is 0.137 e. The number of rotatable bonds is 4. The normalized spacial score (nSPS) is 12.4. The van der Waals surface area contributed by atoms with Crippen LogP contribution in [-0.2, 0) is 6.42 Å². The van der Waals surface area contributed by atoms with Gasteiger partial charge in [-0.25, -0.2) is 9.67 Å². The van der Waals surface area contributed by atoms with Gasteiger partial charge in [0.25, 0.3) is 0 Å². The molecule has 84 valence electrons. The molecule has 0 saturated heterocycles. The molecule has 1 aromatic carbocycles. The standard InChI is InChI=1S/C12H15N3O/c1-10(15-9-13-8-14-15)7-11-3-5-12(16-2)6-4-11/h3-6,8-10H,7H2,1-2H3. The minimum atomic E-state index is 0.316. The molecule has 0 bridgehead atoms. The van der Waals surface area contributed by atoms with E-state index in [4.69, 9.17) is 4.74 Å². The van der Waals surface area contributed by atoms with Crippen molar-refractivity contribution in [2.75, 3.05) is 7.11 Å². The van der Waals surface area contributed by atoms with Gasteiger partial charge in [-0.1, -0.05) is 12.1 Å². The Hall–Kier alpha value is -1.84. The highest BCUT2D eigenvalue weighted by atomic mass is 16.5. The summed E-state index contributed by atoms with van der Waals surface area (Å²) in [6.45, 7) is 2.12. The number of hydrogen-bond donors (Lipinski definition) is 0. The second-order valence-corrected chi connectivity index (χ2v) is 3.78. The van der Waals surface area contributed by atoms with Gasteiger partial charge in [-0.3, -0.25) is 0 Å². The van der Waals surface area contributed by atoms with Crippen LogP contribution in [0.15, 0.2) is 36.9 Å². The van der Waals surface area contributed by atoms with E-state index in [0.29, 0.717) is 6.04 Å². The Balaban J connectivity index is 2.03. The topological polar surface area (TPSA) is 39.9 Å². The van der Waals surface area contributed by atoms with Gasteiger partial charge in [0.2, 0.25) is 0 Å². The van der Waals surface area contributed by atoms with Crippen molar-refractivity contribution in [3.05, 3.63) is 42.5 Å². The molecule has 2 aromatic rings. The van der Waals surface area contributed by atoms with Crippen LogP contribution < -0.4 is 4.74 Å². The first kappa shape index (κ1) is 10.7. The van der Waals surface area contributed by atoms with Crippen molar-refractivity contribution in [1.29, 1.82) is 0 Å². The fourth-order valence-corrected chi connectivity index (χ4v) is 1.64. The van der Waals surface area contributed by atoms with Gasteiger partial charge in [-0.15, -0.1) is 0 Å². The van der Waals surface area contributed by atoms with Crippen molar-refractivity contribution in [1.82, 2.24) is 14.8 Å². The van der Waals surface area contributed by atoms with Crippen LogP contribution in [0.25, 0.3) is 0 Å². The third kappa shape index (κ3) is 2.39. The Morgan fingerprint density at radius 2 is 2.06 bits per heavy atom. The molecular formula is C12H15N3O. The van der Waals surface area contributed by atoms with Gasteiger partial charge in [-0.2, -0.15) is 5.10 Å². The van der Waals surface area contributed by atoms with E-state index in [1.807, 2.05) is 16.8 Å². The molecule has 0 saturated carbocycles. The van der Waals surface area contributed by atoms with E-state index in [0.717, 1.165) is 12.2 Å². The average Bonchev–Trinajstić information content (AvgIpc) is 2.83. The van der Waals surface area contributed by atoms with Crippen LogP contribution in [0.3, 0.4) is 0 Å². The minimum absolute atomic E-state index is 0.316. The summed E-state index contributed by atoms with van der Waals surface area (Å²) in [5.41, 5.74) is 1.27. The van der Waals surface area contributed by atoms with Gasteiger partial charge in [0.15, 0.2) is 0 Å². The molecule has 0 spiro atoms. The fraction of sp³-hybridized carbons (Fsp3) is 0.333. The van der Waals surface area contributed by atoms with Crippen LogP contribution in [0.2, 0.25) is 0 Å². The van der Waals surface area contributed by atoms with E-state index in [-0.39, 0.29) is 0 Å². The van der Waals surface area contributed by atoms with Gasteiger partial charge < -0.3 is 4.74 Å². The first-order chi connectivity index (χ1) is 7.79. The summed E-state index contributed by atoms with van der Waals surface area (Å²) >= 11 is 0. The monoisotopic (exact) mass is 217 g/mol. The number of aromatic nitrogens is 3. The lowest BCUT2D eigenvalue weighted by atomic mass is 10.1. The molecule has 16 heavy (non-hydrogen) atoms. The Labute approximate surface area is 94.9 Å². The highest BCUT2D eigenvalue weighted by Crippen LogP contribution is 2.16. The molecule has 0 aliphatic rings. The van der Waals surface area contributed by atoms with Crippen molar-refractivity contribution in [2.24, 2.45) is 0 Å². The molecule has 1 heterocycles. The molecule has 0 fully saturated rings. The summed E-state index contributed by atoms with van der Waals surface area (Å²) in [5, 5.41) is 4.13. The molecule has 4 nitrogen and oxygen atoms in total. The average molecular weight is 217 g/mol. The van der Waals surface area contributed by atoms with Crippen molar-refractivity contribution in [2.45, 2.75) is 19.4 Å². The highest BCUT2D eigenvalue weighted by molar-refractivity contribution is 5.27. The van der Waals surface area contributed by atoms with Crippen LogP contribution in [0.4, 0.5) is 0 Å². The zero-order valence-electron chi connectivity index (χ0n) is 9.50. The fourth-order valence-electron chi connectivity index (χ4n) is 1.64. The summed E-state index contributed by atoms with van der Waals surface area (Å²) in [6, 6.07) is 8.42. The van der Waals surface area contributed by atoms with E-state index in [9.17, 15) is 0 Å². The van der Waals surface area contributed by atoms with Crippen LogP contribution in [0, 0.1) is 0 Å². The minimum Gasteiger partial charge on any atom is -0.497 e. The largest absolute Gasteiger partial charge is 0.497 e. The Morgan fingerprint density at radius 1 is 1.31 bits per heavy atom. The predicted octanol–water partition coefficient (Wildman–Crippen LogP) is 2.09. The van der Waals surface area contributed by atoms with E-state index in [1.165, 1.54) is 5.56 Å². The summed E-state index contributed by atoms with van der Waals surface area (Å²) in [4.78, 5) is 3.94. The third-order valence-corrected chi connectivity index (χ3v) is 2.58. The Bertz CT molecular complexity index is 422. The highest BCUT2D eigenvalue weighted by Gasteiger charge is 2.06. The predicted molar refractivity (Wildman–Crippen MR) is 61.4 cm³/mol. The molecule has 1 aromatic heterocycles. The van der Waals surface area contributed by atoms with Crippen LogP contribution in [0.1, 0.15) is 18.5 Å². The summed E-state index contributed by atoms with van der Waals surface area (Å²) in [5.74, 6) is 0.886. The maximum absolute atomic E-state index is 5.12. The van der Waals surface area contributed by atoms with E-state index in [1.54, 1.807) is 19.8 Å². The number of hydrogen-bond acceptors (Lipinski definition) is 3. The molecule has 4 heteroatoms. The molecular weight excluding hydrogens is 202 g/mol. The first-order valence-electron chi connectivity index (χ1n) is 5.26. The van der Waals surface area contributed by atoms with Crippen LogP contribution >= 0.6 is 0 Å². The van der Waals surface area contributed by atoms with E-state index >= 15 is 0 Å². The molecule has 2 rings (SSSR count). The molecule has 1 atom stereocenters. The van der Waals surface area contributed by atoms with Gasteiger partial charge in [0.1, 0.15) is 18.4 Å². The van der Waals surface area contributed by atoms with Crippen LogP contribution in [0.5, 0.6) is 5.75 Å². The molecule has 0 aliphatic carbocycles. The quantitative estimate of drug-likeness (QED) is 0.787. The summed E-state index contributed by atoms with van der Waals surface area (Å²) < 4.78 is 6.98. The van der Waals surface area contributed by atoms with E-state index in [2.05, 4.69) is 29.1 Å². The lowest BCUT2D eigenvalue weighted by Crippen LogP contribution is -2.08. The summed E-state index contributed by atoms with van der Waals surface area (Å²) in [7, 11) is 1.67. The molecule has 0 radical (unpaired) electrons. The zero-order valence-corrected chi connectivity index (χ0v) is 9.50. The zero-order chi connectivity index (χ0) is 11.4. The number of ether oxygens (including phenoxy) is 1.